The quantitative estimate of drug-likeness (QED) is 0.874. The molecule has 2 rings (SSSR count). The van der Waals surface area contributed by atoms with Gasteiger partial charge in [0.05, 0.1) is 12.1 Å². The molecule has 1 aromatic heterocycles. The fourth-order valence-electron chi connectivity index (χ4n) is 1.76. The van der Waals surface area contributed by atoms with Crippen molar-refractivity contribution in [3.63, 3.8) is 0 Å². The molecular weight excluding hydrogens is 248 g/mol. The van der Waals surface area contributed by atoms with E-state index in [1.165, 1.54) is 0 Å². The standard InChI is InChI=1S/C9H13BrN2O2/c1-9(13)2-3-12(6-9)5-7-4-8(10)11-14-7/h4,13H,2-3,5-6H2,1H3. The number of nitrogens with zero attached hydrogens (tertiary/aromatic N) is 2. The van der Waals surface area contributed by atoms with Gasteiger partial charge in [-0.15, -0.1) is 0 Å². The minimum absolute atomic E-state index is 0.544. The fourth-order valence-corrected chi connectivity index (χ4v) is 2.08. The van der Waals surface area contributed by atoms with Crippen LogP contribution in [-0.2, 0) is 6.54 Å². The molecule has 78 valence electrons. The molecule has 0 bridgehead atoms. The van der Waals surface area contributed by atoms with Crippen molar-refractivity contribution in [3.05, 3.63) is 16.4 Å². The average molecular weight is 261 g/mol. The molecule has 1 saturated heterocycles. The summed E-state index contributed by atoms with van der Waals surface area (Å²) < 4.78 is 5.79. The normalized spacial score (nSPS) is 28.5. The van der Waals surface area contributed by atoms with Gasteiger partial charge in [-0.3, -0.25) is 4.90 Å². The molecule has 4 nitrogen and oxygen atoms in total. The lowest BCUT2D eigenvalue weighted by molar-refractivity contribution is 0.0667. The number of β-amino-alcohol motifs (C(OH)–C–C–N with tert-alkyl or cyclic N) is 1. The second-order valence-electron chi connectivity index (χ2n) is 4.07. The third-order valence-electron chi connectivity index (χ3n) is 2.44. The molecule has 0 aromatic carbocycles. The van der Waals surface area contributed by atoms with Gasteiger partial charge < -0.3 is 9.63 Å². The summed E-state index contributed by atoms with van der Waals surface area (Å²) in [6, 6.07) is 1.85. The predicted octanol–water partition coefficient (Wildman–Crippen LogP) is 1.39. The van der Waals surface area contributed by atoms with Gasteiger partial charge in [-0.05, 0) is 29.3 Å². The number of rotatable bonds is 2. The maximum atomic E-state index is 9.75. The highest BCUT2D eigenvalue weighted by molar-refractivity contribution is 9.10. The van der Waals surface area contributed by atoms with Crippen LogP contribution in [0.4, 0.5) is 0 Å². The van der Waals surface area contributed by atoms with Crippen molar-refractivity contribution in [2.45, 2.75) is 25.5 Å². The Kier molecular flexibility index (Phi) is 2.64. The average Bonchev–Trinajstić information content (AvgIpc) is 2.59. The van der Waals surface area contributed by atoms with E-state index in [2.05, 4.69) is 26.0 Å². The Morgan fingerprint density at radius 2 is 2.57 bits per heavy atom. The van der Waals surface area contributed by atoms with Crippen molar-refractivity contribution in [2.75, 3.05) is 13.1 Å². The Morgan fingerprint density at radius 1 is 1.79 bits per heavy atom. The van der Waals surface area contributed by atoms with Crippen LogP contribution in [0.1, 0.15) is 19.1 Å². The first-order valence-corrected chi connectivity index (χ1v) is 5.40. The van der Waals surface area contributed by atoms with Crippen LogP contribution in [0.3, 0.4) is 0 Å². The zero-order valence-electron chi connectivity index (χ0n) is 8.03. The topological polar surface area (TPSA) is 49.5 Å². The highest BCUT2D eigenvalue weighted by Crippen LogP contribution is 2.22. The molecule has 14 heavy (non-hydrogen) atoms. The summed E-state index contributed by atoms with van der Waals surface area (Å²) in [5, 5.41) is 13.5. The Labute approximate surface area is 91.0 Å². The van der Waals surface area contributed by atoms with Gasteiger partial charge in [-0.25, -0.2) is 0 Å². The van der Waals surface area contributed by atoms with Crippen molar-refractivity contribution in [1.29, 1.82) is 0 Å². The largest absolute Gasteiger partial charge is 0.389 e. The molecular formula is C9H13BrN2O2. The molecule has 1 unspecified atom stereocenters. The zero-order valence-corrected chi connectivity index (χ0v) is 9.62. The summed E-state index contributed by atoms with van der Waals surface area (Å²) in [5.74, 6) is 0.828. The molecule has 1 N–H and O–H groups in total. The maximum Gasteiger partial charge on any atom is 0.151 e. The number of hydrogen-bond acceptors (Lipinski definition) is 4. The van der Waals surface area contributed by atoms with Gasteiger partial charge in [0.15, 0.2) is 5.76 Å². The van der Waals surface area contributed by atoms with Gasteiger partial charge >= 0.3 is 0 Å². The van der Waals surface area contributed by atoms with Crippen molar-refractivity contribution in [1.82, 2.24) is 10.1 Å². The van der Waals surface area contributed by atoms with E-state index in [9.17, 15) is 5.11 Å². The highest BCUT2D eigenvalue weighted by Gasteiger charge is 2.31. The third kappa shape index (κ3) is 2.34. The molecule has 2 heterocycles. The van der Waals surface area contributed by atoms with Crippen LogP contribution in [0.15, 0.2) is 15.2 Å². The van der Waals surface area contributed by atoms with E-state index in [0.717, 1.165) is 29.9 Å². The molecule has 0 saturated carbocycles. The summed E-state index contributed by atoms with van der Waals surface area (Å²) in [5.41, 5.74) is -0.544. The number of halogens is 1. The minimum Gasteiger partial charge on any atom is -0.389 e. The van der Waals surface area contributed by atoms with Crippen molar-refractivity contribution in [2.24, 2.45) is 0 Å². The van der Waals surface area contributed by atoms with Gasteiger partial charge in [0.25, 0.3) is 0 Å². The van der Waals surface area contributed by atoms with Crippen LogP contribution >= 0.6 is 15.9 Å². The van der Waals surface area contributed by atoms with Crippen molar-refractivity contribution in [3.8, 4) is 0 Å². The van der Waals surface area contributed by atoms with Gasteiger partial charge in [-0.1, -0.05) is 5.16 Å². The van der Waals surface area contributed by atoms with Crippen LogP contribution < -0.4 is 0 Å². The molecule has 0 spiro atoms. The van der Waals surface area contributed by atoms with Crippen molar-refractivity contribution >= 4 is 15.9 Å². The van der Waals surface area contributed by atoms with Gasteiger partial charge in [0, 0.05) is 19.2 Å². The Balaban J connectivity index is 1.94. The SMILES string of the molecule is CC1(O)CCN(Cc2cc(Br)no2)C1. The second-order valence-corrected chi connectivity index (χ2v) is 4.89. The van der Waals surface area contributed by atoms with Crippen LogP contribution in [-0.4, -0.2) is 33.9 Å². The molecule has 0 aliphatic carbocycles. The summed E-state index contributed by atoms with van der Waals surface area (Å²) in [6.07, 6.45) is 0.822. The number of likely N-dealkylation sites (tertiary alicyclic amines) is 1. The first-order chi connectivity index (χ1) is 6.55. The summed E-state index contributed by atoms with van der Waals surface area (Å²) in [4.78, 5) is 2.16. The lowest BCUT2D eigenvalue weighted by Crippen LogP contribution is -2.29. The van der Waals surface area contributed by atoms with Crippen LogP contribution in [0.2, 0.25) is 0 Å². The summed E-state index contributed by atoms with van der Waals surface area (Å²) >= 11 is 3.23. The monoisotopic (exact) mass is 260 g/mol. The predicted molar refractivity (Wildman–Crippen MR) is 54.7 cm³/mol. The van der Waals surface area contributed by atoms with E-state index in [-0.39, 0.29) is 0 Å². The number of hydrogen-bond donors (Lipinski definition) is 1. The molecule has 1 fully saturated rings. The first-order valence-electron chi connectivity index (χ1n) is 4.61. The van der Waals surface area contributed by atoms with Crippen LogP contribution in [0, 0.1) is 0 Å². The molecule has 1 aliphatic heterocycles. The van der Waals surface area contributed by atoms with E-state index in [1.807, 2.05) is 13.0 Å². The van der Waals surface area contributed by atoms with E-state index in [1.54, 1.807) is 0 Å². The molecule has 0 amide bonds. The summed E-state index contributed by atoms with van der Waals surface area (Å²) in [6.45, 7) is 4.19. The maximum absolute atomic E-state index is 9.75. The van der Waals surface area contributed by atoms with Crippen molar-refractivity contribution < 1.29 is 9.63 Å². The Bertz CT molecular complexity index is 324. The summed E-state index contributed by atoms with van der Waals surface area (Å²) in [7, 11) is 0. The number of aliphatic hydroxyl groups is 1. The Morgan fingerprint density at radius 3 is 3.07 bits per heavy atom. The Hall–Kier alpha value is -0.390. The van der Waals surface area contributed by atoms with Crippen LogP contribution in [0.25, 0.3) is 0 Å². The molecule has 0 radical (unpaired) electrons. The van der Waals surface area contributed by atoms with E-state index < -0.39 is 5.60 Å². The third-order valence-corrected chi connectivity index (χ3v) is 2.81. The van der Waals surface area contributed by atoms with Gasteiger partial charge in [0.2, 0.25) is 0 Å². The van der Waals surface area contributed by atoms with E-state index in [4.69, 9.17) is 4.52 Å². The van der Waals surface area contributed by atoms with E-state index >= 15 is 0 Å². The zero-order chi connectivity index (χ0) is 10.2. The van der Waals surface area contributed by atoms with Gasteiger partial charge in [0.1, 0.15) is 4.60 Å². The molecule has 5 heteroatoms. The van der Waals surface area contributed by atoms with E-state index in [0.29, 0.717) is 6.54 Å². The minimum atomic E-state index is -0.544. The first kappa shape index (κ1) is 10.1. The van der Waals surface area contributed by atoms with Gasteiger partial charge in [-0.2, -0.15) is 0 Å². The lowest BCUT2D eigenvalue weighted by Gasteiger charge is -2.17. The highest BCUT2D eigenvalue weighted by atomic mass is 79.9. The van der Waals surface area contributed by atoms with Crippen LogP contribution in [0.5, 0.6) is 0 Å². The molecule has 1 atom stereocenters. The molecule has 1 aromatic rings. The second kappa shape index (κ2) is 3.64. The number of aromatic nitrogens is 1. The lowest BCUT2D eigenvalue weighted by atomic mass is 10.1. The smallest absolute Gasteiger partial charge is 0.151 e. The molecule has 1 aliphatic rings. The fraction of sp³-hybridized carbons (Fsp3) is 0.667.